The Hall–Kier alpha value is -0.860. The van der Waals surface area contributed by atoms with Gasteiger partial charge in [-0.3, -0.25) is 4.79 Å². The summed E-state index contributed by atoms with van der Waals surface area (Å²) < 4.78 is 0.956. The van der Waals surface area contributed by atoms with Gasteiger partial charge in [0.15, 0.2) is 0 Å². The van der Waals surface area contributed by atoms with Crippen molar-refractivity contribution in [3.8, 4) is 6.07 Å². The molecule has 1 aromatic rings. The number of amides is 1. The highest BCUT2D eigenvalue weighted by Gasteiger charge is 2.06. The molecule has 0 bridgehead atoms. The summed E-state index contributed by atoms with van der Waals surface area (Å²) in [7, 11) is 0. The molecule has 1 aromatic heterocycles. The summed E-state index contributed by atoms with van der Waals surface area (Å²) in [6, 6.07) is 3.87. The van der Waals surface area contributed by atoms with Crippen LogP contribution in [-0.2, 0) is 0 Å². The summed E-state index contributed by atoms with van der Waals surface area (Å²) in [4.78, 5) is 11.5. The van der Waals surface area contributed by atoms with Crippen LogP contribution >= 0.6 is 27.3 Å². The molecule has 0 aromatic carbocycles. The van der Waals surface area contributed by atoms with Crippen molar-refractivity contribution in [2.24, 2.45) is 0 Å². The van der Waals surface area contributed by atoms with Crippen LogP contribution in [0.25, 0.3) is 0 Å². The first kappa shape index (κ1) is 12.2. The molecule has 0 fully saturated rings. The molecule has 0 radical (unpaired) electrons. The number of carbonyl (C=O) groups is 1. The third-order valence-corrected chi connectivity index (χ3v) is 3.34. The van der Waals surface area contributed by atoms with E-state index in [0.29, 0.717) is 18.5 Å². The van der Waals surface area contributed by atoms with E-state index in [-0.39, 0.29) is 5.91 Å². The number of nitrogens with one attached hydrogen (secondary N) is 1. The number of nitriles is 1. The Bertz CT molecular complexity index is 370. The minimum atomic E-state index is -0.0473. The van der Waals surface area contributed by atoms with Crippen molar-refractivity contribution >= 4 is 33.2 Å². The first-order chi connectivity index (χ1) is 7.24. The maximum absolute atomic E-state index is 11.5. The van der Waals surface area contributed by atoms with Crippen molar-refractivity contribution in [1.29, 1.82) is 5.26 Å². The van der Waals surface area contributed by atoms with Crippen LogP contribution in [0.1, 0.15) is 29.6 Å². The lowest BCUT2D eigenvalue weighted by Gasteiger charge is -2.01. The van der Waals surface area contributed by atoms with Gasteiger partial charge in [-0.05, 0) is 34.8 Å². The highest BCUT2D eigenvalue weighted by atomic mass is 79.9. The molecule has 3 nitrogen and oxygen atoms in total. The molecule has 1 heterocycles. The second kappa shape index (κ2) is 6.59. The normalized spacial score (nSPS) is 9.60. The molecule has 1 N–H and O–H groups in total. The summed E-state index contributed by atoms with van der Waals surface area (Å²) in [5.74, 6) is -0.0473. The van der Waals surface area contributed by atoms with Crippen LogP contribution in [0.4, 0.5) is 0 Å². The van der Waals surface area contributed by atoms with Crippen LogP contribution in [0.2, 0.25) is 0 Å². The Morgan fingerprint density at radius 1 is 1.60 bits per heavy atom. The van der Waals surface area contributed by atoms with Crippen molar-refractivity contribution in [3.63, 3.8) is 0 Å². The van der Waals surface area contributed by atoms with Gasteiger partial charge in [0.2, 0.25) is 0 Å². The number of rotatable bonds is 5. The van der Waals surface area contributed by atoms with Gasteiger partial charge in [-0.1, -0.05) is 0 Å². The molecule has 1 amide bonds. The predicted molar refractivity (Wildman–Crippen MR) is 63.8 cm³/mol. The van der Waals surface area contributed by atoms with Gasteiger partial charge in [0.1, 0.15) is 0 Å². The molecule has 0 atom stereocenters. The Labute approximate surface area is 101 Å². The van der Waals surface area contributed by atoms with Crippen molar-refractivity contribution in [3.05, 3.63) is 20.8 Å². The van der Waals surface area contributed by atoms with Gasteiger partial charge < -0.3 is 5.32 Å². The zero-order chi connectivity index (χ0) is 11.1. The van der Waals surface area contributed by atoms with Crippen molar-refractivity contribution < 1.29 is 4.79 Å². The highest BCUT2D eigenvalue weighted by Crippen LogP contribution is 2.20. The number of unbranched alkanes of at least 4 members (excludes halogenated alkanes) is 2. The first-order valence-electron chi connectivity index (χ1n) is 4.63. The fourth-order valence-electron chi connectivity index (χ4n) is 1.06. The lowest BCUT2D eigenvalue weighted by atomic mass is 10.2. The Morgan fingerprint density at radius 2 is 2.40 bits per heavy atom. The van der Waals surface area contributed by atoms with E-state index in [1.807, 2.05) is 5.38 Å². The SMILES string of the molecule is N#CCCCCNC(=O)c1csc(Br)c1. The van der Waals surface area contributed by atoms with Crippen LogP contribution < -0.4 is 5.32 Å². The minimum Gasteiger partial charge on any atom is -0.352 e. The molecule has 0 aliphatic rings. The van der Waals surface area contributed by atoms with Crippen molar-refractivity contribution in [2.75, 3.05) is 6.54 Å². The number of hydrogen-bond acceptors (Lipinski definition) is 3. The predicted octanol–water partition coefficient (Wildman–Crippen LogP) is 2.93. The number of thiophene rings is 1. The molecular weight excluding hydrogens is 276 g/mol. The van der Waals surface area contributed by atoms with Gasteiger partial charge >= 0.3 is 0 Å². The monoisotopic (exact) mass is 286 g/mol. The van der Waals surface area contributed by atoms with E-state index in [0.717, 1.165) is 16.6 Å². The minimum absolute atomic E-state index is 0.0473. The van der Waals surface area contributed by atoms with Crippen LogP contribution in [0.15, 0.2) is 15.2 Å². The summed E-state index contributed by atoms with van der Waals surface area (Å²) in [6.07, 6.45) is 2.24. The number of nitrogens with zero attached hydrogens (tertiary/aromatic N) is 1. The zero-order valence-electron chi connectivity index (χ0n) is 8.12. The Kier molecular flexibility index (Phi) is 5.37. The van der Waals surface area contributed by atoms with Gasteiger partial charge in [0, 0.05) is 18.3 Å². The van der Waals surface area contributed by atoms with Gasteiger partial charge in [-0.2, -0.15) is 5.26 Å². The average Bonchev–Trinajstić information content (AvgIpc) is 2.64. The van der Waals surface area contributed by atoms with Crippen LogP contribution in [0, 0.1) is 11.3 Å². The quantitative estimate of drug-likeness (QED) is 0.846. The smallest absolute Gasteiger partial charge is 0.252 e. The number of hydrogen-bond donors (Lipinski definition) is 1. The Morgan fingerprint density at radius 3 is 3.00 bits per heavy atom. The van der Waals surface area contributed by atoms with E-state index >= 15 is 0 Å². The van der Waals surface area contributed by atoms with Crippen LogP contribution in [0.5, 0.6) is 0 Å². The molecule has 0 unspecified atom stereocenters. The van der Waals surface area contributed by atoms with E-state index < -0.39 is 0 Å². The van der Waals surface area contributed by atoms with E-state index in [2.05, 4.69) is 27.3 Å². The number of carbonyl (C=O) groups excluding carboxylic acids is 1. The highest BCUT2D eigenvalue weighted by molar-refractivity contribution is 9.11. The molecule has 0 aliphatic heterocycles. The van der Waals surface area contributed by atoms with Crippen molar-refractivity contribution in [1.82, 2.24) is 5.32 Å². The van der Waals surface area contributed by atoms with Crippen molar-refractivity contribution in [2.45, 2.75) is 19.3 Å². The van der Waals surface area contributed by atoms with E-state index in [1.165, 1.54) is 11.3 Å². The second-order valence-electron chi connectivity index (χ2n) is 3.01. The topological polar surface area (TPSA) is 52.9 Å². The van der Waals surface area contributed by atoms with Crippen LogP contribution in [0.3, 0.4) is 0 Å². The summed E-state index contributed by atoms with van der Waals surface area (Å²) in [5.41, 5.74) is 0.687. The maximum Gasteiger partial charge on any atom is 0.252 e. The molecule has 0 spiro atoms. The van der Waals surface area contributed by atoms with E-state index in [4.69, 9.17) is 5.26 Å². The molecule has 80 valence electrons. The standard InChI is InChI=1S/C10H11BrN2OS/c11-9-6-8(7-15-9)10(14)13-5-3-1-2-4-12/h6-7H,1-3,5H2,(H,13,14). The third-order valence-electron chi connectivity index (χ3n) is 1.83. The summed E-state index contributed by atoms with van der Waals surface area (Å²) in [5, 5.41) is 12.9. The fourth-order valence-corrected chi connectivity index (χ4v) is 2.20. The molecule has 0 aliphatic carbocycles. The Balaban J connectivity index is 2.23. The van der Waals surface area contributed by atoms with Crippen LogP contribution in [-0.4, -0.2) is 12.5 Å². The van der Waals surface area contributed by atoms with Gasteiger partial charge in [-0.15, -0.1) is 11.3 Å². The zero-order valence-corrected chi connectivity index (χ0v) is 10.5. The average molecular weight is 287 g/mol. The number of halogens is 1. The second-order valence-corrected chi connectivity index (χ2v) is 5.30. The molecular formula is C10H11BrN2OS. The van der Waals surface area contributed by atoms with Gasteiger partial charge in [-0.25, -0.2) is 0 Å². The maximum atomic E-state index is 11.5. The molecule has 0 saturated heterocycles. The van der Waals surface area contributed by atoms with E-state index in [1.54, 1.807) is 6.07 Å². The van der Waals surface area contributed by atoms with Gasteiger partial charge in [0.25, 0.3) is 5.91 Å². The first-order valence-corrected chi connectivity index (χ1v) is 6.30. The van der Waals surface area contributed by atoms with Gasteiger partial charge in [0.05, 0.1) is 15.4 Å². The largest absolute Gasteiger partial charge is 0.352 e. The lowest BCUT2D eigenvalue weighted by Crippen LogP contribution is -2.23. The molecule has 1 rings (SSSR count). The summed E-state index contributed by atoms with van der Waals surface area (Å²) in [6.45, 7) is 0.633. The lowest BCUT2D eigenvalue weighted by molar-refractivity contribution is 0.0953. The molecule has 0 saturated carbocycles. The summed E-state index contributed by atoms with van der Waals surface area (Å²) >= 11 is 4.80. The van der Waals surface area contributed by atoms with E-state index in [9.17, 15) is 4.79 Å². The molecule has 15 heavy (non-hydrogen) atoms. The molecule has 5 heteroatoms. The third kappa shape index (κ3) is 4.45. The fraction of sp³-hybridized carbons (Fsp3) is 0.400.